The molecule has 9 heteroatoms. The van der Waals surface area contributed by atoms with Gasteiger partial charge in [-0.25, -0.2) is 4.28 Å². The van der Waals surface area contributed by atoms with E-state index < -0.39 is 0 Å². The molecule has 0 fully saturated rings. The number of ether oxygens (including phenoxy) is 1. The molecule has 1 N–H and O–H groups in total. The number of rotatable bonds is 7. The van der Waals surface area contributed by atoms with Crippen molar-refractivity contribution in [2.75, 3.05) is 6.54 Å². The van der Waals surface area contributed by atoms with Crippen LogP contribution in [0.2, 0.25) is 5.02 Å². The minimum Gasteiger partial charge on any atom is -0.480 e. The Labute approximate surface area is 182 Å². The van der Waals surface area contributed by atoms with Crippen molar-refractivity contribution < 1.29 is 13.4 Å². The number of nitrogens with zero attached hydrogens (tertiary/aromatic N) is 2. The van der Waals surface area contributed by atoms with Gasteiger partial charge in [-0.1, -0.05) is 60.6 Å². The smallest absolute Gasteiger partial charge is 0.277 e. The minimum absolute atomic E-state index is 0.366. The summed E-state index contributed by atoms with van der Waals surface area (Å²) < 4.78 is 17.5. The van der Waals surface area contributed by atoms with Gasteiger partial charge in [0.2, 0.25) is 0 Å². The highest BCUT2D eigenvalue weighted by molar-refractivity contribution is 7.98. The standard InChI is InChI=1S/C20H20ClN3O3S2/c1-2-22-27-29-18-11-17(25-16-9-8-14(21)10-15(16)18)19-23-24-20(26-19)28-12-13-6-4-3-5-7-13/h3-10,17,22,29H,2,11-12H2,1H3. The first-order valence-corrected chi connectivity index (χ1v) is 11.3. The van der Waals surface area contributed by atoms with Gasteiger partial charge >= 0.3 is 0 Å². The summed E-state index contributed by atoms with van der Waals surface area (Å²) in [6.07, 6.45) is 0.209. The van der Waals surface area contributed by atoms with Gasteiger partial charge in [0.15, 0.2) is 6.10 Å². The Morgan fingerprint density at radius 3 is 2.93 bits per heavy atom. The first-order valence-electron chi connectivity index (χ1n) is 9.15. The molecule has 6 nitrogen and oxygen atoms in total. The van der Waals surface area contributed by atoms with Crippen molar-refractivity contribution in [2.24, 2.45) is 0 Å². The van der Waals surface area contributed by atoms with Gasteiger partial charge < -0.3 is 9.15 Å². The van der Waals surface area contributed by atoms with Gasteiger partial charge in [0.1, 0.15) is 5.75 Å². The lowest BCUT2D eigenvalue weighted by Gasteiger charge is -2.25. The van der Waals surface area contributed by atoms with Crippen molar-refractivity contribution in [3.05, 3.63) is 70.6 Å². The van der Waals surface area contributed by atoms with Crippen molar-refractivity contribution in [2.45, 2.75) is 30.4 Å². The molecule has 0 spiro atoms. The summed E-state index contributed by atoms with van der Waals surface area (Å²) in [4.78, 5) is 1.04. The maximum absolute atomic E-state index is 6.17. The molecule has 0 saturated carbocycles. The largest absolute Gasteiger partial charge is 0.480 e. The van der Waals surface area contributed by atoms with Crippen LogP contribution in [0.4, 0.5) is 0 Å². The molecule has 152 valence electrons. The predicted octanol–water partition coefficient (Wildman–Crippen LogP) is 4.98. The molecule has 0 amide bonds. The highest BCUT2D eigenvalue weighted by Crippen LogP contribution is 2.38. The number of halogens is 1. The molecule has 0 saturated heterocycles. The van der Waals surface area contributed by atoms with Crippen LogP contribution in [-0.2, 0) is 10.0 Å². The second kappa shape index (κ2) is 9.77. The SMILES string of the molecule is CCNO[SH]=C1CC(c2nnc(SCc3ccccc3)o2)Oc2ccc(Cl)cc21. The highest BCUT2D eigenvalue weighted by Gasteiger charge is 2.30. The van der Waals surface area contributed by atoms with Gasteiger partial charge in [0.25, 0.3) is 11.1 Å². The Hall–Kier alpha value is -1.84. The second-order valence-corrected chi connectivity index (χ2v) is 8.53. The van der Waals surface area contributed by atoms with Crippen molar-refractivity contribution in [1.82, 2.24) is 15.7 Å². The number of hydrogen-bond donors (Lipinski definition) is 2. The third kappa shape index (κ3) is 5.21. The van der Waals surface area contributed by atoms with Gasteiger partial charge in [-0.3, -0.25) is 0 Å². The summed E-state index contributed by atoms with van der Waals surface area (Å²) >= 11 is 8.38. The van der Waals surface area contributed by atoms with E-state index in [1.165, 1.54) is 17.3 Å². The number of thiol groups is 1. The topological polar surface area (TPSA) is 69.4 Å². The molecular formula is C20H20ClN3O3S2. The summed E-state index contributed by atoms with van der Waals surface area (Å²) in [7, 11) is 0. The lowest BCUT2D eigenvalue weighted by molar-refractivity contribution is 0.165. The van der Waals surface area contributed by atoms with Crippen molar-refractivity contribution in [3.8, 4) is 5.75 Å². The summed E-state index contributed by atoms with van der Waals surface area (Å²) in [5, 5.41) is 9.56. The van der Waals surface area contributed by atoms with E-state index in [4.69, 9.17) is 25.0 Å². The lowest BCUT2D eigenvalue weighted by Crippen LogP contribution is -2.21. The fourth-order valence-electron chi connectivity index (χ4n) is 2.82. The number of aromatic nitrogens is 2. The first-order chi connectivity index (χ1) is 14.2. The number of hydroxylamine groups is 1. The van der Waals surface area contributed by atoms with Crippen LogP contribution in [0.5, 0.6) is 5.75 Å². The maximum Gasteiger partial charge on any atom is 0.277 e. The van der Waals surface area contributed by atoms with Crippen LogP contribution < -0.4 is 10.2 Å². The average molecular weight is 450 g/mol. The molecule has 1 aromatic heterocycles. The van der Waals surface area contributed by atoms with Crippen molar-refractivity contribution in [3.63, 3.8) is 0 Å². The number of fused-ring (bicyclic) bond motifs is 1. The third-order valence-corrected chi connectivity index (χ3v) is 6.16. The Morgan fingerprint density at radius 2 is 2.10 bits per heavy atom. The van der Waals surface area contributed by atoms with E-state index in [-0.39, 0.29) is 6.10 Å². The lowest BCUT2D eigenvalue weighted by atomic mass is 10.0. The zero-order valence-electron chi connectivity index (χ0n) is 15.7. The molecule has 2 aromatic carbocycles. The van der Waals surface area contributed by atoms with Crippen molar-refractivity contribution >= 4 is 39.9 Å². The van der Waals surface area contributed by atoms with Gasteiger partial charge in [-0.15, -0.1) is 10.2 Å². The van der Waals surface area contributed by atoms with Crippen LogP contribution in [0.25, 0.3) is 0 Å². The van der Waals surface area contributed by atoms with Crippen LogP contribution in [0.1, 0.15) is 36.5 Å². The molecular weight excluding hydrogens is 430 g/mol. The van der Waals surface area contributed by atoms with Crippen LogP contribution in [0.15, 0.2) is 58.2 Å². The molecule has 3 aromatic rings. The molecule has 1 unspecified atom stereocenters. The van der Waals surface area contributed by atoms with E-state index >= 15 is 0 Å². The van der Waals surface area contributed by atoms with Crippen LogP contribution in [0, 0.1) is 0 Å². The van der Waals surface area contributed by atoms with E-state index in [1.54, 1.807) is 6.07 Å². The summed E-state index contributed by atoms with van der Waals surface area (Å²) in [6.45, 7) is 2.69. The fraction of sp³-hybridized carbons (Fsp3) is 0.250. The zero-order valence-corrected chi connectivity index (χ0v) is 18.1. The number of thioether (sulfide) groups is 1. The quantitative estimate of drug-likeness (QED) is 0.173. The van der Waals surface area contributed by atoms with E-state index in [0.29, 0.717) is 40.7 Å². The molecule has 0 radical (unpaired) electrons. The normalized spacial score (nSPS) is 17.4. The van der Waals surface area contributed by atoms with Crippen molar-refractivity contribution in [1.29, 1.82) is 0 Å². The fourth-order valence-corrected chi connectivity index (χ4v) is 4.53. The van der Waals surface area contributed by atoms with Crippen LogP contribution >= 0.6 is 35.0 Å². The summed E-state index contributed by atoms with van der Waals surface area (Å²) in [5.74, 6) is 1.95. The Morgan fingerprint density at radius 1 is 1.24 bits per heavy atom. The Balaban J connectivity index is 1.51. The molecule has 29 heavy (non-hydrogen) atoms. The summed E-state index contributed by atoms with van der Waals surface area (Å²) in [5.41, 5.74) is 5.01. The Kier molecular flexibility index (Phi) is 6.89. The zero-order chi connectivity index (χ0) is 20.1. The predicted molar refractivity (Wildman–Crippen MR) is 118 cm³/mol. The molecule has 2 heterocycles. The molecule has 4 rings (SSSR count). The van der Waals surface area contributed by atoms with E-state index in [1.807, 2.05) is 37.3 Å². The van der Waals surface area contributed by atoms with Crippen LogP contribution in [-0.4, -0.2) is 21.6 Å². The third-order valence-electron chi connectivity index (χ3n) is 4.17. The van der Waals surface area contributed by atoms with E-state index in [2.05, 4.69) is 27.8 Å². The molecule has 1 aliphatic rings. The van der Waals surface area contributed by atoms with Gasteiger partial charge in [-0.2, -0.15) is 5.48 Å². The number of nitrogens with one attached hydrogen (secondary N) is 1. The van der Waals surface area contributed by atoms with Gasteiger partial charge in [-0.05, 0) is 35.4 Å². The van der Waals surface area contributed by atoms with Crippen LogP contribution in [0.3, 0.4) is 0 Å². The molecule has 0 aliphatic carbocycles. The van der Waals surface area contributed by atoms with E-state index in [9.17, 15) is 0 Å². The van der Waals surface area contributed by atoms with E-state index in [0.717, 1.165) is 21.9 Å². The molecule has 1 aliphatic heterocycles. The number of benzene rings is 2. The van der Waals surface area contributed by atoms with Gasteiger partial charge in [0.05, 0.1) is 0 Å². The number of hydrogen-bond acceptors (Lipinski definition) is 7. The van der Waals surface area contributed by atoms with Gasteiger partial charge in [0, 0.05) is 34.2 Å². The second-order valence-electron chi connectivity index (χ2n) is 6.26. The molecule has 0 bridgehead atoms. The monoisotopic (exact) mass is 449 g/mol. The average Bonchev–Trinajstić information content (AvgIpc) is 3.22. The minimum atomic E-state index is -0.366. The Bertz CT molecular complexity index is 998. The highest BCUT2D eigenvalue weighted by atomic mass is 35.5. The molecule has 1 atom stereocenters. The summed E-state index contributed by atoms with van der Waals surface area (Å²) in [6, 6.07) is 15.7. The first kappa shape index (κ1) is 20.4. The maximum atomic E-state index is 6.17.